The van der Waals surface area contributed by atoms with Crippen LogP contribution in [0.2, 0.25) is 20.1 Å². The van der Waals surface area contributed by atoms with E-state index in [-0.39, 0.29) is 11.7 Å². The summed E-state index contributed by atoms with van der Waals surface area (Å²) in [5.74, 6) is -0.212. The first-order valence-electron chi connectivity index (χ1n) is 7.00. The van der Waals surface area contributed by atoms with Gasteiger partial charge >= 0.3 is 0 Å². The molecule has 0 spiro atoms. The van der Waals surface area contributed by atoms with E-state index in [1.54, 1.807) is 36.4 Å². The third-order valence-corrected chi connectivity index (χ3v) is 4.04. The Hall–Kier alpha value is -2.12. The van der Waals surface area contributed by atoms with Gasteiger partial charge in [-0.1, -0.05) is 58.5 Å². The largest absolute Gasteiger partial charge is 0.379 e. The number of benzene rings is 2. The first-order valence-corrected chi connectivity index (χ1v) is 8.51. The van der Waals surface area contributed by atoms with Crippen molar-refractivity contribution in [1.82, 2.24) is 0 Å². The van der Waals surface area contributed by atoms with E-state index in [1.807, 2.05) is 0 Å². The minimum absolute atomic E-state index is 0.106. The molecule has 0 aliphatic rings. The second-order valence-corrected chi connectivity index (χ2v) is 6.48. The molecular weight excluding hydrogens is 418 g/mol. The number of rotatable bonds is 4. The molecule has 0 saturated heterocycles. The van der Waals surface area contributed by atoms with E-state index in [0.717, 1.165) is 0 Å². The summed E-state index contributed by atoms with van der Waals surface area (Å²) in [5.41, 5.74) is 12.6. The van der Waals surface area contributed by atoms with Crippen molar-refractivity contribution in [3.63, 3.8) is 0 Å². The Morgan fingerprint density at radius 1 is 0.692 bits per heavy atom. The molecule has 26 heavy (non-hydrogen) atoms. The molecule has 134 valence electrons. The molecule has 2 aromatic rings. The van der Waals surface area contributed by atoms with Crippen LogP contribution in [0.15, 0.2) is 56.8 Å². The molecule has 0 unspecified atom stereocenters. The maximum atomic E-state index is 6.01. The van der Waals surface area contributed by atoms with Gasteiger partial charge in [-0.3, -0.25) is 0 Å². The average Bonchev–Trinajstić information content (AvgIpc) is 2.58. The maximum absolute atomic E-state index is 6.01. The predicted octanol–water partition coefficient (Wildman–Crippen LogP) is 4.38. The molecule has 4 N–H and O–H groups in total. The lowest BCUT2D eigenvalue weighted by Crippen LogP contribution is -2.30. The maximum Gasteiger partial charge on any atom is 0.190 e. The Labute approximate surface area is 169 Å². The van der Waals surface area contributed by atoms with Crippen molar-refractivity contribution in [2.24, 2.45) is 31.9 Å². The molecule has 6 nitrogen and oxygen atoms in total. The summed E-state index contributed by atoms with van der Waals surface area (Å²) in [4.78, 5) is 0. The lowest BCUT2D eigenvalue weighted by atomic mass is 10.2. The van der Waals surface area contributed by atoms with Crippen molar-refractivity contribution in [2.75, 3.05) is 0 Å². The van der Waals surface area contributed by atoms with Gasteiger partial charge in [-0.05, 0) is 24.3 Å². The van der Waals surface area contributed by atoms with Crippen molar-refractivity contribution in [3.05, 3.63) is 67.6 Å². The van der Waals surface area contributed by atoms with Crippen LogP contribution in [0.25, 0.3) is 0 Å². The van der Waals surface area contributed by atoms with Crippen molar-refractivity contribution >= 4 is 70.5 Å². The Bertz CT molecular complexity index is 845. The van der Waals surface area contributed by atoms with Gasteiger partial charge in [0.25, 0.3) is 0 Å². The summed E-state index contributed by atoms with van der Waals surface area (Å²) in [6, 6.07) is 9.91. The van der Waals surface area contributed by atoms with Gasteiger partial charge < -0.3 is 11.5 Å². The lowest BCUT2D eigenvalue weighted by Gasteiger charge is -1.98. The zero-order valence-electron chi connectivity index (χ0n) is 13.1. The highest BCUT2D eigenvalue weighted by atomic mass is 35.5. The lowest BCUT2D eigenvalue weighted by molar-refractivity contribution is 1.21. The molecule has 2 aromatic carbocycles. The Balaban J connectivity index is 2.06. The second-order valence-electron chi connectivity index (χ2n) is 4.79. The molecule has 0 saturated carbocycles. The van der Waals surface area contributed by atoms with E-state index in [4.69, 9.17) is 57.9 Å². The minimum atomic E-state index is -0.106. The number of nitrogens with two attached hydrogens (primary N) is 2. The molecule has 0 aliphatic carbocycles. The summed E-state index contributed by atoms with van der Waals surface area (Å²) >= 11 is 23.7. The highest BCUT2D eigenvalue weighted by molar-refractivity contribution is 6.39. The standard InChI is InChI=1S/C16H12Cl4N6/c17-11-3-1-9(13(19)5-11)7-23-25-15(21)16(22)26-24-8-10-2-4-12(18)6-14(10)20/h1-8H,(H2,21,25)(H2,22,26)/b23-7+,24-8+. The first kappa shape index (κ1) is 20.2. The molecule has 0 heterocycles. The molecule has 10 heteroatoms. The second kappa shape index (κ2) is 9.54. The molecule has 0 aliphatic heterocycles. The monoisotopic (exact) mass is 428 g/mol. The van der Waals surface area contributed by atoms with Crippen LogP contribution in [0.3, 0.4) is 0 Å². The van der Waals surface area contributed by atoms with Gasteiger partial charge in [0.15, 0.2) is 11.7 Å². The molecular formula is C16H12Cl4N6. The van der Waals surface area contributed by atoms with Crippen LogP contribution < -0.4 is 11.5 Å². The van der Waals surface area contributed by atoms with Crippen molar-refractivity contribution < 1.29 is 0 Å². The predicted molar refractivity (Wildman–Crippen MR) is 111 cm³/mol. The highest BCUT2D eigenvalue weighted by Gasteiger charge is 2.01. The summed E-state index contributed by atoms with van der Waals surface area (Å²) in [5, 5.41) is 17.0. The normalized spacial score (nSPS) is 13.1. The Kier molecular flexibility index (Phi) is 7.41. The van der Waals surface area contributed by atoms with Crippen molar-refractivity contribution in [3.8, 4) is 0 Å². The minimum Gasteiger partial charge on any atom is -0.379 e. The number of amidine groups is 2. The Morgan fingerprint density at radius 2 is 1.08 bits per heavy atom. The van der Waals surface area contributed by atoms with Crippen LogP contribution in [0.5, 0.6) is 0 Å². The third-order valence-electron chi connectivity index (χ3n) is 2.91. The fourth-order valence-corrected chi connectivity index (χ4v) is 2.54. The number of nitrogens with zero attached hydrogens (tertiary/aromatic N) is 4. The van der Waals surface area contributed by atoms with Gasteiger partial charge in [-0.2, -0.15) is 10.2 Å². The van der Waals surface area contributed by atoms with E-state index in [9.17, 15) is 0 Å². The van der Waals surface area contributed by atoms with Crippen LogP contribution >= 0.6 is 46.4 Å². The molecule has 2 rings (SSSR count). The van der Waals surface area contributed by atoms with Crippen LogP contribution in [-0.4, -0.2) is 24.1 Å². The van der Waals surface area contributed by atoms with Crippen LogP contribution in [0, 0.1) is 0 Å². The summed E-state index contributed by atoms with van der Waals surface area (Å²) in [6.45, 7) is 0. The molecule has 0 bridgehead atoms. The smallest absolute Gasteiger partial charge is 0.190 e. The van der Waals surface area contributed by atoms with E-state index in [1.165, 1.54) is 12.4 Å². The SMILES string of the molecule is NC(=N\N=C\c1ccc(Cl)cc1Cl)/C(N)=N/N=C/c1ccc(Cl)cc1Cl. The molecule has 0 aromatic heterocycles. The fourth-order valence-electron chi connectivity index (χ4n) is 1.62. The average molecular weight is 430 g/mol. The quantitative estimate of drug-likeness (QED) is 0.427. The highest BCUT2D eigenvalue weighted by Crippen LogP contribution is 2.20. The van der Waals surface area contributed by atoms with E-state index in [2.05, 4.69) is 20.4 Å². The van der Waals surface area contributed by atoms with E-state index in [0.29, 0.717) is 31.2 Å². The van der Waals surface area contributed by atoms with Gasteiger partial charge in [-0.15, -0.1) is 10.2 Å². The number of hydrogen-bond acceptors (Lipinski definition) is 4. The summed E-state index contributed by atoms with van der Waals surface area (Å²) in [6.07, 6.45) is 2.82. The van der Waals surface area contributed by atoms with E-state index >= 15 is 0 Å². The van der Waals surface area contributed by atoms with Crippen LogP contribution in [-0.2, 0) is 0 Å². The molecule has 0 atom stereocenters. The van der Waals surface area contributed by atoms with Gasteiger partial charge in [0.1, 0.15) is 0 Å². The van der Waals surface area contributed by atoms with Gasteiger partial charge in [0.05, 0.1) is 22.5 Å². The third kappa shape index (κ3) is 6.00. The van der Waals surface area contributed by atoms with Crippen molar-refractivity contribution in [1.29, 1.82) is 0 Å². The molecule has 0 amide bonds. The fraction of sp³-hybridized carbons (Fsp3) is 0. The molecule has 0 radical (unpaired) electrons. The van der Waals surface area contributed by atoms with E-state index < -0.39 is 0 Å². The van der Waals surface area contributed by atoms with Gasteiger partial charge in [0, 0.05) is 21.2 Å². The summed E-state index contributed by atoms with van der Waals surface area (Å²) in [7, 11) is 0. The molecule has 0 fully saturated rings. The zero-order valence-corrected chi connectivity index (χ0v) is 16.1. The first-order chi connectivity index (χ1) is 12.4. The number of hydrogen-bond donors (Lipinski definition) is 2. The van der Waals surface area contributed by atoms with Gasteiger partial charge in [-0.25, -0.2) is 0 Å². The van der Waals surface area contributed by atoms with Gasteiger partial charge in [0.2, 0.25) is 0 Å². The summed E-state index contributed by atoms with van der Waals surface area (Å²) < 4.78 is 0. The Morgan fingerprint density at radius 3 is 1.42 bits per heavy atom. The van der Waals surface area contributed by atoms with Crippen molar-refractivity contribution in [2.45, 2.75) is 0 Å². The van der Waals surface area contributed by atoms with Crippen LogP contribution in [0.4, 0.5) is 0 Å². The van der Waals surface area contributed by atoms with Crippen LogP contribution in [0.1, 0.15) is 11.1 Å². The zero-order chi connectivity index (χ0) is 19.1. The topological polar surface area (TPSA) is 101 Å². The number of halogens is 4.